The second-order valence-electron chi connectivity index (χ2n) is 6.06. The van der Waals surface area contributed by atoms with Gasteiger partial charge in [-0.25, -0.2) is 14.8 Å². The fraction of sp³-hybridized carbons (Fsp3) is 0.500. The third-order valence-corrected chi connectivity index (χ3v) is 3.78. The van der Waals surface area contributed by atoms with Crippen LogP contribution < -0.4 is 5.32 Å². The summed E-state index contributed by atoms with van der Waals surface area (Å²) in [5.41, 5.74) is 1.40. The molecule has 0 saturated carbocycles. The number of amides is 1. The van der Waals surface area contributed by atoms with Gasteiger partial charge < -0.3 is 15.0 Å². The topological polar surface area (TPSA) is 80.0 Å². The monoisotopic (exact) mass is 310 g/mol. The largest absolute Gasteiger partial charge is 0.465 e. The number of carbonyl (C=O) groups is 1. The molecule has 0 aromatic carbocycles. The van der Waals surface area contributed by atoms with Crippen LogP contribution in [0.3, 0.4) is 0 Å². The van der Waals surface area contributed by atoms with E-state index >= 15 is 0 Å². The maximum absolute atomic E-state index is 10.9. The fourth-order valence-electron chi connectivity index (χ4n) is 2.32. The van der Waals surface area contributed by atoms with Crippen LogP contribution in [0.1, 0.15) is 27.2 Å². The molecule has 0 aliphatic carbocycles. The van der Waals surface area contributed by atoms with E-state index in [0.29, 0.717) is 18.1 Å². The SMILES string of the molecule is CC(C)(C)C(CCn1ccc2ncnc(Cl)c21)NC(=O)O. The zero-order chi connectivity index (χ0) is 15.6. The molecule has 0 aliphatic heterocycles. The molecule has 6 nitrogen and oxygen atoms in total. The molecule has 0 spiro atoms. The molecule has 1 unspecified atom stereocenters. The number of nitrogens with zero attached hydrogens (tertiary/aromatic N) is 3. The lowest BCUT2D eigenvalue weighted by Gasteiger charge is -2.30. The summed E-state index contributed by atoms with van der Waals surface area (Å²) in [6.07, 6.45) is 2.98. The molecule has 2 heterocycles. The van der Waals surface area contributed by atoms with Gasteiger partial charge in [0, 0.05) is 18.8 Å². The Morgan fingerprint density at radius 1 is 1.48 bits per heavy atom. The van der Waals surface area contributed by atoms with Gasteiger partial charge in [0.15, 0.2) is 5.15 Å². The van der Waals surface area contributed by atoms with Crippen molar-refractivity contribution in [1.82, 2.24) is 19.9 Å². The van der Waals surface area contributed by atoms with Crippen molar-refractivity contribution >= 4 is 28.7 Å². The number of carboxylic acid groups (broad SMARTS) is 1. The van der Waals surface area contributed by atoms with E-state index in [1.165, 1.54) is 6.33 Å². The van der Waals surface area contributed by atoms with Gasteiger partial charge in [-0.3, -0.25) is 0 Å². The number of fused-ring (bicyclic) bond motifs is 1. The lowest BCUT2D eigenvalue weighted by molar-refractivity contribution is 0.170. The van der Waals surface area contributed by atoms with E-state index in [0.717, 1.165) is 11.0 Å². The summed E-state index contributed by atoms with van der Waals surface area (Å²) >= 11 is 6.11. The Kier molecular flexibility index (Phi) is 4.37. The van der Waals surface area contributed by atoms with Gasteiger partial charge in [0.1, 0.15) is 11.8 Å². The Balaban J connectivity index is 2.18. The predicted molar refractivity (Wildman–Crippen MR) is 81.6 cm³/mol. The molecular formula is C14H19ClN4O2. The van der Waals surface area contributed by atoms with Crippen LogP contribution in [0.5, 0.6) is 0 Å². The Labute approximate surface area is 128 Å². The molecule has 1 amide bonds. The van der Waals surface area contributed by atoms with Crippen LogP contribution in [0, 0.1) is 5.41 Å². The second-order valence-corrected chi connectivity index (χ2v) is 6.42. The lowest BCUT2D eigenvalue weighted by atomic mass is 9.85. The summed E-state index contributed by atoms with van der Waals surface area (Å²) in [5, 5.41) is 12.0. The fourth-order valence-corrected chi connectivity index (χ4v) is 2.57. The highest BCUT2D eigenvalue weighted by molar-refractivity contribution is 6.33. The third kappa shape index (κ3) is 3.64. The average molecular weight is 311 g/mol. The van der Waals surface area contributed by atoms with E-state index in [1.54, 1.807) is 0 Å². The Morgan fingerprint density at radius 3 is 2.81 bits per heavy atom. The molecule has 2 aromatic rings. The normalized spacial score (nSPS) is 13.3. The van der Waals surface area contributed by atoms with Crippen molar-refractivity contribution in [2.75, 3.05) is 0 Å². The van der Waals surface area contributed by atoms with Gasteiger partial charge in [-0.05, 0) is 17.9 Å². The maximum Gasteiger partial charge on any atom is 0.404 e. The van der Waals surface area contributed by atoms with Crippen molar-refractivity contribution in [3.63, 3.8) is 0 Å². The van der Waals surface area contributed by atoms with Crippen LogP contribution >= 0.6 is 11.6 Å². The zero-order valence-corrected chi connectivity index (χ0v) is 13.1. The zero-order valence-electron chi connectivity index (χ0n) is 12.3. The minimum atomic E-state index is -1.01. The molecule has 2 rings (SSSR count). The van der Waals surface area contributed by atoms with Gasteiger partial charge in [-0.15, -0.1) is 0 Å². The lowest BCUT2D eigenvalue weighted by Crippen LogP contribution is -2.43. The Morgan fingerprint density at radius 2 is 2.19 bits per heavy atom. The summed E-state index contributed by atoms with van der Waals surface area (Å²) in [6.45, 7) is 6.67. The number of nitrogens with one attached hydrogen (secondary N) is 1. The molecule has 1 atom stereocenters. The molecule has 2 aromatic heterocycles. The smallest absolute Gasteiger partial charge is 0.404 e. The third-order valence-electron chi connectivity index (χ3n) is 3.51. The minimum Gasteiger partial charge on any atom is -0.465 e. The van der Waals surface area contributed by atoms with Crippen LogP contribution in [-0.4, -0.2) is 31.8 Å². The molecule has 0 bridgehead atoms. The summed E-state index contributed by atoms with van der Waals surface area (Å²) in [4.78, 5) is 19.1. The Hall–Kier alpha value is -1.82. The van der Waals surface area contributed by atoms with E-state index in [1.807, 2.05) is 37.6 Å². The van der Waals surface area contributed by atoms with E-state index < -0.39 is 6.09 Å². The Bertz CT molecular complexity index is 648. The van der Waals surface area contributed by atoms with Crippen LogP contribution in [-0.2, 0) is 6.54 Å². The molecule has 0 fully saturated rings. The van der Waals surface area contributed by atoms with E-state index in [4.69, 9.17) is 16.7 Å². The van der Waals surface area contributed by atoms with Crippen molar-refractivity contribution in [3.05, 3.63) is 23.7 Å². The van der Waals surface area contributed by atoms with Crippen molar-refractivity contribution < 1.29 is 9.90 Å². The van der Waals surface area contributed by atoms with Crippen molar-refractivity contribution in [3.8, 4) is 0 Å². The second kappa shape index (κ2) is 5.89. The molecule has 0 radical (unpaired) electrons. The highest BCUT2D eigenvalue weighted by Crippen LogP contribution is 2.25. The first kappa shape index (κ1) is 15.6. The van der Waals surface area contributed by atoms with Gasteiger partial charge in [0.05, 0.1) is 5.52 Å². The number of aromatic nitrogens is 3. The summed E-state index contributed by atoms with van der Waals surface area (Å²) in [5.74, 6) is 0. The highest BCUT2D eigenvalue weighted by atomic mass is 35.5. The molecule has 0 saturated heterocycles. The van der Waals surface area contributed by atoms with Crippen molar-refractivity contribution in [2.45, 2.75) is 39.8 Å². The van der Waals surface area contributed by atoms with Crippen LogP contribution in [0.15, 0.2) is 18.6 Å². The van der Waals surface area contributed by atoms with Crippen molar-refractivity contribution in [1.29, 1.82) is 0 Å². The quantitative estimate of drug-likeness (QED) is 0.850. The van der Waals surface area contributed by atoms with Gasteiger partial charge in [-0.1, -0.05) is 32.4 Å². The van der Waals surface area contributed by atoms with Gasteiger partial charge in [-0.2, -0.15) is 0 Å². The molecule has 0 aliphatic rings. The molecule has 2 N–H and O–H groups in total. The molecule has 21 heavy (non-hydrogen) atoms. The number of rotatable bonds is 4. The first-order valence-electron chi connectivity index (χ1n) is 6.74. The molecular weight excluding hydrogens is 292 g/mol. The van der Waals surface area contributed by atoms with E-state index in [-0.39, 0.29) is 11.5 Å². The van der Waals surface area contributed by atoms with Crippen LogP contribution in [0.2, 0.25) is 5.15 Å². The summed E-state index contributed by atoms with van der Waals surface area (Å²) in [7, 11) is 0. The maximum atomic E-state index is 10.9. The average Bonchev–Trinajstić information content (AvgIpc) is 2.77. The highest BCUT2D eigenvalue weighted by Gasteiger charge is 2.26. The van der Waals surface area contributed by atoms with Gasteiger partial charge in [0.25, 0.3) is 0 Å². The van der Waals surface area contributed by atoms with Crippen LogP contribution in [0.4, 0.5) is 4.79 Å². The number of halogens is 1. The number of hydrogen-bond acceptors (Lipinski definition) is 3. The summed E-state index contributed by atoms with van der Waals surface area (Å²) < 4.78 is 1.96. The first-order chi connectivity index (χ1) is 9.79. The van der Waals surface area contributed by atoms with Crippen molar-refractivity contribution in [2.24, 2.45) is 5.41 Å². The predicted octanol–water partition coefficient (Wildman–Crippen LogP) is 3.16. The molecule has 7 heteroatoms. The van der Waals surface area contributed by atoms with Gasteiger partial charge in [0.2, 0.25) is 0 Å². The van der Waals surface area contributed by atoms with E-state index in [9.17, 15) is 4.79 Å². The standard InChI is InChI=1S/C14H19ClN4O2/c1-14(2,3)10(18-13(20)21)5-7-19-6-4-9-11(19)12(15)17-8-16-9/h4,6,8,10,18H,5,7H2,1-3H3,(H,20,21). The first-order valence-corrected chi connectivity index (χ1v) is 7.11. The van der Waals surface area contributed by atoms with Crippen LogP contribution in [0.25, 0.3) is 11.0 Å². The minimum absolute atomic E-state index is 0.157. The number of aryl methyl sites for hydroxylation is 1. The van der Waals surface area contributed by atoms with E-state index in [2.05, 4.69) is 15.3 Å². The number of hydrogen-bond donors (Lipinski definition) is 2. The summed E-state index contributed by atoms with van der Waals surface area (Å²) in [6, 6.07) is 1.72. The van der Waals surface area contributed by atoms with Gasteiger partial charge >= 0.3 is 6.09 Å². The molecule has 114 valence electrons.